The molecule has 1 fully saturated rings. The van der Waals surface area contributed by atoms with E-state index in [9.17, 15) is 18.0 Å². The van der Waals surface area contributed by atoms with Gasteiger partial charge in [0.15, 0.2) is 5.65 Å². The highest BCUT2D eigenvalue weighted by Gasteiger charge is 2.31. The lowest BCUT2D eigenvalue weighted by atomic mass is 10.1. The Morgan fingerprint density at radius 3 is 2.56 bits per heavy atom. The van der Waals surface area contributed by atoms with Crippen molar-refractivity contribution in [3.63, 3.8) is 0 Å². The number of rotatable bonds is 4. The van der Waals surface area contributed by atoms with Crippen molar-refractivity contribution in [3.8, 4) is 11.4 Å². The lowest BCUT2D eigenvalue weighted by Gasteiger charge is -2.34. The molecule has 12 heteroatoms. The molecular weight excluding hydrogens is 475 g/mol. The molecule has 0 atom stereocenters. The van der Waals surface area contributed by atoms with Crippen molar-refractivity contribution in [1.29, 1.82) is 0 Å². The number of carbonyl (C=O) groups is 1. The van der Waals surface area contributed by atoms with E-state index in [1.54, 1.807) is 15.6 Å². The van der Waals surface area contributed by atoms with Crippen LogP contribution in [0.25, 0.3) is 22.4 Å². The molecular formula is C24H24F3N7O2. The summed E-state index contributed by atoms with van der Waals surface area (Å²) in [6.07, 6.45) is -4.45. The second-order valence-corrected chi connectivity index (χ2v) is 8.88. The van der Waals surface area contributed by atoms with Gasteiger partial charge in [0, 0.05) is 44.5 Å². The highest BCUT2D eigenvalue weighted by Crippen LogP contribution is 2.31. The van der Waals surface area contributed by atoms with E-state index in [-0.39, 0.29) is 17.3 Å². The first-order valence-electron chi connectivity index (χ1n) is 11.4. The average molecular weight is 499 g/mol. The van der Waals surface area contributed by atoms with Crippen LogP contribution < -0.4 is 0 Å². The molecule has 4 aromatic rings. The summed E-state index contributed by atoms with van der Waals surface area (Å²) in [6.45, 7) is 6.26. The number of benzene rings is 1. The van der Waals surface area contributed by atoms with Gasteiger partial charge in [-0.15, -0.1) is 0 Å². The van der Waals surface area contributed by atoms with E-state index >= 15 is 0 Å². The summed E-state index contributed by atoms with van der Waals surface area (Å²) in [6, 6.07) is 6.63. The van der Waals surface area contributed by atoms with Gasteiger partial charge in [0.05, 0.1) is 28.8 Å². The number of carbonyl (C=O) groups excluding carboxylic acids is 1. The van der Waals surface area contributed by atoms with Gasteiger partial charge in [0.2, 0.25) is 11.7 Å². The second-order valence-electron chi connectivity index (χ2n) is 8.88. The summed E-state index contributed by atoms with van der Waals surface area (Å²) in [5.41, 5.74) is 2.26. The molecule has 188 valence electrons. The quantitative estimate of drug-likeness (QED) is 0.424. The van der Waals surface area contributed by atoms with Crippen LogP contribution >= 0.6 is 0 Å². The van der Waals surface area contributed by atoms with Gasteiger partial charge in [0.1, 0.15) is 0 Å². The normalized spacial score (nSPS) is 15.1. The fraction of sp³-hybridized carbons (Fsp3) is 0.375. The third kappa shape index (κ3) is 4.55. The van der Waals surface area contributed by atoms with Crippen molar-refractivity contribution in [1.82, 2.24) is 34.7 Å². The lowest BCUT2D eigenvalue weighted by Crippen LogP contribution is -2.48. The van der Waals surface area contributed by atoms with Gasteiger partial charge >= 0.3 is 6.18 Å². The zero-order valence-electron chi connectivity index (χ0n) is 20.0. The van der Waals surface area contributed by atoms with Gasteiger partial charge in [-0.25, -0.2) is 4.98 Å². The van der Waals surface area contributed by atoms with Gasteiger partial charge in [-0.3, -0.25) is 14.4 Å². The smallest absolute Gasteiger partial charge is 0.338 e. The molecule has 1 saturated heterocycles. The van der Waals surface area contributed by atoms with Crippen molar-refractivity contribution in [2.24, 2.45) is 7.05 Å². The van der Waals surface area contributed by atoms with Gasteiger partial charge in [-0.1, -0.05) is 17.3 Å². The molecule has 3 aromatic heterocycles. The van der Waals surface area contributed by atoms with Crippen LogP contribution in [0.4, 0.5) is 13.2 Å². The fourth-order valence-electron chi connectivity index (χ4n) is 4.48. The van der Waals surface area contributed by atoms with Gasteiger partial charge < -0.3 is 9.42 Å². The highest BCUT2D eigenvalue weighted by atomic mass is 19.4. The van der Waals surface area contributed by atoms with Crippen LogP contribution in [0.3, 0.4) is 0 Å². The van der Waals surface area contributed by atoms with Crippen LogP contribution in [0, 0.1) is 13.8 Å². The van der Waals surface area contributed by atoms with Crippen LogP contribution in [-0.2, 0) is 19.8 Å². The van der Waals surface area contributed by atoms with E-state index in [2.05, 4.69) is 25.1 Å². The number of aromatic nitrogens is 5. The maximum absolute atomic E-state index is 13.4. The molecule has 1 aromatic carbocycles. The van der Waals surface area contributed by atoms with Crippen LogP contribution in [0.15, 0.2) is 34.9 Å². The number of hydrogen-bond acceptors (Lipinski definition) is 7. The molecule has 4 heterocycles. The monoisotopic (exact) mass is 499 g/mol. The van der Waals surface area contributed by atoms with Gasteiger partial charge in [-0.2, -0.15) is 23.3 Å². The Balaban J connectivity index is 1.25. The molecule has 0 spiro atoms. The Kier molecular flexibility index (Phi) is 5.99. The molecule has 0 N–H and O–H groups in total. The molecule has 36 heavy (non-hydrogen) atoms. The summed E-state index contributed by atoms with van der Waals surface area (Å²) >= 11 is 0. The number of piperazine rings is 1. The average Bonchev–Trinajstić information content (AvgIpc) is 3.42. The first-order chi connectivity index (χ1) is 17.1. The highest BCUT2D eigenvalue weighted by molar-refractivity contribution is 6.06. The SMILES string of the molecule is Cc1cc(C(=O)N2CCN(Cc3nc(-c4cccc(C(F)(F)F)c4)no3)CC2)c2c(C)nn(C)c2n1. The van der Waals surface area contributed by atoms with Crippen molar-refractivity contribution in [3.05, 3.63) is 58.7 Å². The van der Waals surface area contributed by atoms with Crippen LogP contribution in [0.1, 0.15) is 33.2 Å². The third-order valence-electron chi connectivity index (χ3n) is 6.26. The maximum atomic E-state index is 13.4. The molecule has 9 nitrogen and oxygen atoms in total. The topological polar surface area (TPSA) is 93.2 Å². The molecule has 0 aliphatic carbocycles. The van der Waals surface area contributed by atoms with E-state index < -0.39 is 11.7 Å². The Labute approximate surface area is 204 Å². The summed E-state index contributed by atoms with van der Waals surface area (Å²) < 4.78 is 46.0. The van der Waals surface area contributed by atoms with Crippen molar-refractivity contribution < 1.29 is 22.5 Å². The molecule has 0 bridgehead atoms. The molecule has 1 amide bonds. The molecule has 0 saturated carbocycles. The van der Waals surface area contributed by atoms with Crippen LogP contribution in [-0.4, -0.2) is 66.8 Å². The number of hydrogen-bond donors (Lipinski definition) is 0. The van der Waals surface area contributed by atoms with E-state index in [1.165, 1.54) is 12.1 Å². The number of pyridine rings is 1. The summed E-state index contributed by atoms with van der Waals surface area (Å²) in [4.78, 5) is 26.0. The molecule has 5 rings (SSSR count). The van der Waals surface area contributed by atoms with Crippen molar-refractivity contribution >= 4 is 16.9 Å². The fourth-order valence-corrected chi connectivity index (χ4v) is 4.48. The summed E-state index contributed by atoms with van der Waals surface area (Å²) in [5.74, 6) is 0.347. The zero-order chi connectivity index (χ0) is 25.6. The predicted octanol–water partition coefficient (Wildman–Crippen LogP) is 3.61. The van der Waals surface area contributed by atoms with E-state index in [0.29, 0.717) is 49.8 Å². The Hall–Kier alpha value is -3.80. The lowest BCUT2D eigenvalue weighted by molar-refractivity contribution is -0.137. The van der Waals surface area contributed by atoms with E-state index in [4.69, 9.17) is 4.52 Å². The Morgan fingerprint density at radius 2 is 1.83 bits per heavy atom. The minimum absolute atomic E-state index is 0.0640. The standard InChI is InChI=1S/C24H24F3N7O2/c1-14-11-18(20-15(2)30-32(3)22(20)28-14)23(35)34-9-7-33(8-10-34)13-19-29-21(31-36-19)16-5-4-6-17(12-16)24(25,26)27/h4-6,11-12H,7-10,13H2,1-3H3. The van der Waals surface area contributed by atoms with Gasteiger partial charge in [0.25, 0.3) is 5.91 Å². The summed E-state index contributed by atoms with van der Waals surface area (Å²) in [7, 11) is 1.81. The number of fused-ring (bicyclic) bond motifs is 1. The van der Waals surface area contributed by atoms with Crippen LogP contribution in [0.2, 0.25) is 0 Å². The molecule has 0 unspecified atom stereocenters. The number of aryl methyl sites for hydroxylation is 3. The number of nitrogens with zero attached hydrogens (tertiary/aromatic N) is 7. The second kappa shape index (κ2) is 9.01. The van der Waals surface area contributed by atoms with E-state index in [1.807, 2.05) is 20.9 Å². The number of alkyl halides is 3. The molecule has 0 radical (unpaired) electrons. The predicted molar refractivity (Wildman–Crippen MR) is 124 cm³/mol. The first-order valence-corrected chi connectivity index (χ1v) is 11.4. The van der Waals surface area contributed by atoms with Crippen LogP contribution in [0.5, 0.6) is 0 Å². The molecule has 1 aliphatic rings. The largest absolute Gasteiger partial charge is 0.416 e. The maximum Gasteiger partial charge on any atom is 0.416 e. The molecule has 1 aliphatic heterocycles. The summed E-state index contributed by atoms with van der Waals surface area (Å²) in [5, 5.41) is 9.03. The van der Waals surface area contributed by atoms with E-state index in [0.717, 1.165) is 28.9 Å². The van der Waals surface area contributed by atoms with Crippen molar-refractivity contribution in [2.45, 2.75) is 26.6 Å². The Morgan fingerprint density at radius 1 is 1.08 bits per heavy atom. The minimum Gasteiger partial charge on any atom is -0.338 e. The Bertz CT molecular complexity index is 1440. The minimum atomic E-state index is -4.45. The van der Waals surface area contributed by atoms with Gasteiger partial charge in [-0.05, 0) is 32.0 Å². The third-order valence-corrected chi connectivity index (χ3v) is 6.26. The first kappa shape index (κ1) is 23.9. The van der Waals surface area contributed by atoms with Crippen molar-refractivity contribution in [2.75, 3.05) is 26.2 Å². The number of halogens is 3. The zero-order valence-corrected chi connectivity index (χ0v) is 20.0. The number of amides is 1.